The van der Waals surface area contributed by atoms with E-state index >= 15 is 0 Å². The molecule has 83 heavy (non-hydrogen) atoms. The molecular formula is C77H83BN2OS2. The maximum atomic E-state index is 7.32. The smallest absolute Gasteiger partial charge is 0.343 e. The Labute approximate surface area is 502 Å². The zero-order valence-corrected chi connectivity index (χ0v) is 54.2. The lowest BCUT2D eigenvalue weighted by Gasteiger charge is -2.47. The van der Waals surface area contributed by atoms with Crippen molar-refractivity contribution in [2.24, 2.45) is 0 Å². The molecule has 0 saturated heterocycles. The van der Waals surface area contributed by atoms with Crippen LogP contribution in [0.1, 0.15) is 212 Å². The van der Waals surface area contributed by atoms with Crippen LogP contribution in [-0.4, -0.2) is 6.85 Å². The lowest BCUT2D eigenvalue weighted by molar-refractivity contribution is 0.332. The number of furan rings is 1. The Kier molecular flexibility index (Phi) is 10.4. The van der Waals surface area contributed by atoms with E-state index in [9.17, 15) is 0 Å². The highest BCUT2D eigenvalue weighted by molar-refractivity contribution is 7.33. The molecule has 10 aromatic rings. The Hall–Kier alpha value is -5.82. The Morgan fingerprint density at radius 1 is 0.398 bits per heavy atom. The predicted molar refractivity (Wildman–Crippen MR) is 362 cm³/mol. The number of aryl methyl sites for hydroxylation is 1. The van der Waals surface area contributed by atoms with Gasteiger partial charge < -0.3 is 14.1 Å². The van der Waals surface area contributed by atoms with Crippen LogP contribution in [0.2, 0.25) is 0 Å². The second kappa shape index (κ2) is 16.4. The van der Waals surface area contributed by atoms with Crippen LogP contribution in [0.3, 0.4) is 0 Å². The van der Waals surface area contributed by atoms with Crippen molar-refractivity contribution in [3.05, 3.63) is 147 Å². The number of nitrogens with zero attached hydrogens (tertiary/aromatic N) is 2. The molecule has 6 aliphatic rings. The van der Waals surface area contributed by atoms with E-state index in [4.69, 9.17) is 4.42 Å². The van der Waals surface area contributed by atoms with E-state index in [2.05, 4.69) is 236 Å². The zero-order chi connectivity index (χ0) is 58.0. The predicted octanol–water partition coefficient (Wildman–Crippen LogP) is 21.6. The summed E-state index contributed by atoms with van der Waals surface area (Å²) in [5, 5.41) is 6.49. The summed E-state index contributed by atoms with van der Waals surface area (Å²) < 4.78 is 12.8. The van der Waals surface area contributed by atoms with E-state index in [1.807, 2.05) is 11.3 Å². The maximum absolute atomic E-state index is 7.32. The molecule has 0 saturated carbocycles. The fourth-order valence-corrected chi connectivity index (χ4v) is 19.8. The van der Waals surface area contributed by atoms with Crippen molar-refractivity contribution in [2.45, 2.75) is 212 Å². The van der Waals surface area contributed by atoms with Crippen molar-refractivity contribution in [3.8, 4) is 11.1 Å². The summed E-state index contributed by atoms with van der Waals surface area (Å²) in [7, 11) is 0. The molecule has 4 aliphatic carbocycles. The van der Waals surface area contributed by atoms with Crippen LogP contribution in [-0.2, 0) is 43.3 Å². The fourth-order valence-electron chi connectivity index (χ4n) is 17.3. The first-order chi connectivity index (χ1) is 39.0. The minimum absolute atomic E-state index is 0.0211. The number of anilines is 5. The quantitative estimate of drug-likeness (QED) is 0.161. The third-order valence-electron chi connectivity index (χ3n) is 23.2. The third-order valence-corrected chi connectivity index (χ3v) is 25.6. The minimum atomic E-state index is -0.127. The highest BCUT2D eigenvalue weighted by atomic mass is 32.1. The molecule has 3 nitrogen and oxygen atoms in total. The molecule has 0 atom stereocenters. The van der Waals surface area contributed by atoms with Crippen LogP contribution in [0.5, 0.6) is 0 Å². The van der Waals surface area contributed by atoms with Crippen LogP contribution in [0.15, 0.2) is 101 Å². The molecule has 422 valence electrons. The van der Waals surface area contributed by atoms with E-state index in [1.165, 1.54) is 179 Å². The molecule has 0 bridgehead atoms. The monoisotopic (exact) mass is 1130 g/mol. The van der Waals surface area contributed by atoms with Crippen LogP contribution in [0, 0.1) is 6.92 Å². The van der Waals surface area contributed by atoms with Gasteiger partial charge in [0, 0.05) is 63.7 Å². The SMILES string of the molecule is Cc1cc2c(cc1N1c3c(sc4cc5c(cc34)C(C)(C)CCC5(C)C)B3c4c(cc5c(sc6ccccc65)c41)-c1cc4oc5cc6c(cc5c4cc1N3c1ccc3c(c1)C(C)(C)CCC3(C)C)C(C)(C)CCC6(C)C)C(C)(C)CCC2(C)C. The van der Waals surface area contributed by atoms with Gasteiger partial charge in [0.1, 0.15) is 11.2 Å². The van der Waals surface area contributed by atoms with Crippen molar-refractivity contribution in [2.75, 3.05) is 9.71 Å². The van der Waals surface area contributed by atoms with Gasteiger partial charge in [-0.2, -0.15) is 0 Å². The zero-order valence-electron chi connectivity index (χ0n) is 52.6. The van der Waals surface area contributed by atoms with Gasteiger partial charge in [-0.25, -0.2) is 0 Å². The van der Waals surface area contributed by atoms with Crippen molar-refractivity contribution in [1.82, 2.24) is 0 Å². The molecule has 3 aromatic heterocycles. The van der Waals surface area contributed by atoms with Gasteiger partial charge in [0.05, 0.1) is 16.1 Å². The van der Waals surface area contributed by atoms with Crippen molar-refractivity contribution in [3.63, 3.8) is 0 Å². The van der Waals surface area contributed by atoms with E-state index in [-0.39, 0.29) is 50.2 Å². The molecule has 0 spiro atoms. The first-order valence-electron chi connectivity index (χ1n) is 31.5. The minimum Gasteiger partial charge on any atom is -0.456 e. The molecule has 0 radical (unpaired) electrons. The topological polar surface area (TPSA) is 19.6 Å². The molecular weight excluding hydrogens is 1040 g/mol. The second-order valence-corrected chi connectivity index (χ2v) is 34.5. The Morgan fingerprint density at radius 2 is 0.904 bits per heavy atom. The van der Waals surface area contributed by atoms with Gasteiger partial charge in [-0.3, -0.25) is 0 Å². The average molecular weight is 1130 g/mol. The summed E-state index contributed by atoms with van der Waals surface area (Å²) in [6.07, 6.45) is 9.38. The van der Waals surface area contributed by atoms with Gasteiger partial charge in [-0.15, -0.1) is 22.7 Å². The number of rotatable bonds is 2. The molecule has 16 rings (SSSR count). The highest BCUT2D eigenvalue weighted by Gasteiger charge is 2.51. The molecule has 0 N–H and O–H groups in total. The first-order valence-corrected chi connectivity index (χ1v) is 33.2. The number of thiophene rings is 2. The third kappa shape index (κ3) is 7.15. The molecule has 6 heteroatoms. The van der Waals surface area contributed by atoms with Crippen LogP contribution >= 0.6 is 22.7 Å². The van der Waals surface area contributed by atoms with Crippen LogP contribution in [0.4, 0.5) is 28.4 Å². The Bertz CT molecular complexity index is 4560. The van der Waals surface area contributed by atoms with E-state index in [0.717, 1.165) is 24.0 Å². The van der Waals surface area contributed by atoms with E-state index < -0.39 is 0 Å². The van der Waals surface area contributed by atoms with Crippen LogP contribution in [0.25, 0.3) is 63.3 Å². The summed E-state index contributed by atoms with van der Waals surface area (Å²) in [5.41, 5.74) is 26.3. The van der Waals surface area contributed by atoms with Gasteiger partial charge in [-0.05, 0) is 229 Å². The Balaban J connectivity index is 1.09. The molecule has 0 unspecified atom stereocenters. The van der Waals surface area contributed by atoms with Crippen molar-refractivity contribution in [1.29, 1.82) is 0 Å². The maximum Gasteiger partial charge on any atom is 0.343 e. The molecule has 5 heterocycles. The first kappa shape index (κ1) is 52.7. The summed E-state index contributed by atoms with van der Waals surface area (Å²) >= 11 is 4.08. The summed E-state index contributed by atoms with van der Waals surface area (Å²) in [4.78, 5) is 5.71. The van der Waals surface area contributed by atoms with E-state index in [1.54, 1.807) is 0 Å². The van der Waals surface area contributed by atoms with Gasteiger partial charge in [0.2, 0.25) is 0 Å². The fraction of sp³-hybridized carbons (Fsp3) is 0.429. The lowest BCUT2D eigenvalue weighted by atomic mass is 9.46. The lowest BCUT2D eigenvalue weighted by Crippen LogP contribution is -2.60. The Morgan fingerprint density at radius 3 is 1.53 bits per heavy atom. The summed E-state index contributed by atoms with van der Waals surface area (Å²) in [6, 6.07) is 40.3. The van der Waals surface area contributed by atoms with Gasteiger partial charge in [0.15, 0.2) is 0 Å². The largest absolute Gasteiger partial charge is 0.456 e. The number of benzene rings is 7. The molecule has 7 aromatic carbocycles. The second-order valence-electron chi connectivity index (χ2n) is 32.3. The normalized spacial score (nSPS) is 21.4. The number of hydrogen-bond donors (Lipinski definition) is 0. The summed E-state index contributed by atoms with van der Waals surface area (Å²) in [5.74, 6) is 0. The number of fused-ring (bicyclic) bond motifs is 17. The van der Waals surface area contributed by atoms with Gasteiger partial charge in [-0.1, -0.05) is 141 Å². The van der Waals surface area contributed by atoms with E-state index in [0.29, 0.717) is 0 Å². The van der Waals surface area contributed by atoms with Crippen molar-refractivity contribution < 1.29 is 4.42 Å². The number of hydrogen-bond acceptors (Lipinski definition) is 5. The highest BCUT2D eigenvalue weighted by Crippen LogP contribution is 2.60. The average Bonchev–Trinajstić information content (AvgIpc) is 2.43. The van der Waals surface area contributed by atoms with Crippen LogP contribution < -0.4 is 20.0 Å². The standard InChI is InChI=1S/C77H83BN2OS2/c1-42-32-52-56(75(12,13)29-26-71(52,4)5)39-59(42)79-66-50-36-55-58(77(16,17)31-28-74(55,10)11)41-64(50)83-69(66)78-65-48(34-49-44-20-18-19-21-63(44)82-68(49)67(65)79)45-38-61-47(46-35-54-57(40-62(46)81-61)76(14,15)30-27-73(54,8)9)37-60(45)80(78)43-22-23-51-53(33-43)72(6,7)25-24-70(51,2)3/h18-23,32-41H,24-31H2,1-17H3. The molecule has 0 amide bonds. The molecule has 2 aliphatic heterocycles. The summed E-state index contributed by atoms with van der Waals surface area (Å²) in [6.45, 7) is 42.1. The molecule has 0 fully saturated rings. The van der Waals surface area contributed by atoms with Gasteiger partial charge >= 0.3 is 6.85 Å². The van der Waals surface area contributed by atoms with Gasteiger partial charge in [0.25, 0.3) is 0 Å². The van der Waals surface area contributed by atoms with Crippen molar-refractivity contribution >= 4 is 120 Å².